The number of rotatable bonds is 3. The van der Waals surface area contributed by atoms with Gasteiger partial charge < -0.3 is 14.7 Å². The molecule has 0 radical (unpaired) electrons. The van der Waals surface area contributed by atoms with Gasteiger partial charge in [-0.1, -0.05) is 29.1 Å². The van der Waals surface area contributed by atoms with Crippen molar-refractivity contribution in [3.05, 3.63) is 47.3 Å². The highest BCUT2D eigenvalue weighted by molar-refractivity contribution is 5.92. The average Bonchev–Trinajstić information content (AvgIpc) is 2.90. The van der Waals surface area contributed by atoms with E-state index in [1.165, 1.54) is 0 Å². The maximum absolute atomic E-state index is 11.7. The molecule has 1 aromatic heterocycles. The van der Waals surface area contributed by atoms with Crippen molar-refractivity contribution in [2.75, 3.05) is 25.5 Å². The van der Waals surface area contributed by atoms with Crippen LogP contribution in [0.2, 0.25) is 0 Å². The minimum absolute atomic E-state index is 0.256. The van der Waals surface area contributed by atoms with Gasteiger partial charge in [-0.25, -0.2) is 0 Å². The second-order valence-electron chi connectivity index (χ2n) is 4.72. The first kappa shape index (κ1) is 14.7. The molecule has 0 spiro atoms. The molecule has 0 aliphatic rings. The van der Waals surface area contributed by atoms with Crippen molar-refractivity contribution in [2.24, 2.45) is 0 Å². The third kappa shape index (κ3) is 3.86. The van der Waals surface area contributed by atoms with Crippen molar-refractivity contribution in [2.45, 2.75) is 6.92 Å². The lowest BCUT2D eigenvalue weighted by Crippen LogP contribution is -2.23. The molecule has 0 aliphatic carbocycles. The van der Waals surface area contributed by atoms with E-state index in [1.807, 2.05) is 43.3 Å². The number of carbonyl (C=O) groups excluding carboxylic acids is 1. The third-order valence-electron chi connectivity index (χ3n) is 2.81. The second-order valence-corrected chi connectivity index (χ2v) is 4.72. The number of benzene rings is 1. The molecule has 0 saturated carbocycles. The third-order valence-corrected chi connectivity index (χ3v) is 2.81. The molecule has 108 valence electrons. The Kier molecular flexibility index (Phi) is 4.62. The number of anilines is 1. The van der Waals surface area contributed by atoms with Crippen LogP contribution in [0.15, 0.2) is 34.9 Å². The molecule has 1 heterocycles. The van der Waals surface area contributed by atoms with Gasteiger partial charge in [0, 0.05) is 25.7 Å². The molecule has 1 N–H and O–H groups in total. The number of amides is 1. The van der Waals surface area contributed by atoms with E-state index in [0.717, 1.165) is 11.3 Å². The zero-order valence-corrected chi connectivity index (χ0v) is 12.3. The minimum Gasteiger partial charge on any atom is -0.377 e. The Labute approximate surface area is 123 Å². The number of carbonyl (C=O) groups is 1. The average molecular weight is 283 g/mol. The fourth-order valence-electron chi connectivity index (χ4n) is 1.80. The van der Waals surface area contributed by atoms with Crippen LogP contribution in [-0.2, 0) is 0 Å². The number of para-hydroxylation sites is 1. The van der Waals surface area contributed by atoms with Crippen LogP contribution in [-0.4, -0.2) is 31.7 Å². The monoisotopic (exact) mass is 283 g/mol. The van der Waals surface area contributed by atoms with Gasteiger partial charge in [0.2, 0.25) is 0 Å². The summed E-state index contributed by atoms with van der Waals surface area (Å²) in [5.74, 6) is 6.31. The molecule has 2 rings (SSSR count). The van der Waals surface area contributed by atoms with Crippen molar-refractivity contribution in [1.29, 1.82) is 0 Å². The number of hydrogen-bond donors (Lipinski definition) is 1. The second kappa shape index (κ2) is 6.62. The first-order valence-corrected chi connectivity index (χ1v) is 6.54. The zero-order chi connectivity index (χ0) is 15.2. The highest BCUT2D eigenvalue weighted by atomic mass is 16.5. The molecule has 5 nitrogen and oxygen atoms in total. The Balaban J connectivity index is 1.97. The van der Waals surface area contributed by atoms with Crippen LogP contribution in [0.5, 0.6) is 0 Å². The molecule has 5 heteroatoms. The Morgan fingerprint density at radius 3 is 2.81 bits per heavy atom. The number of aromatic nitrogens is 1. The molecule has 0 bridgehead atoms. The SMILES string of the molecule is Cc1cc(C(=O)NCC#Cc2ccccc2N(C)C)no1. The maximum Gasteiger partial charge on any atom is 0.274 e. The highest BCUT2D eigenvalue weighted by Gasteiger charge is 2.08. The number of hydrogen-bond acceptors (Lipinski definition) is 4. The maximum atomic E-state index is 11.7. The Bertz CT molecular complexity index is 693. The largest absolute Gasteiger partial charge is 0.377 e. The van der Waals surface area contributed by atoms with Crippen LogP contribution in [0.1, 0.15) is 21.8 Å². The summed E-state index contributed by atoms with van der Waals surface area (Å²) in [6.07, 6.45) is 0. The van der Waals surface area contributed by atoms with E-state index >= 15 is 0 Å². The van der Waals surface area contributed by atoms with Crippen LogP contribution >= 0.6 is 0 Å². The molecular formula is C16H17N3O2. The normalized spacial score (nSPS) is 9.67. The van der Waals surface area contributed by atoms with Gasteiger partial charge in [-0.2, -0.15) is 0 Å². The first-order valence-electron chi connectivity index (χ1n) is 6.54. The summed E-state index contributed by atoms with van der Waals surface area (Å²) in [5, 5.41) is 6.33. The van der Waals surface area contributed by atoms with E-state index in [0.29, 0.717) is 5.76 Å². The van der Waals surface area contributed by atoms with Crippen LogP contribution < -0.4 is 10.2 Å². The smallest absolute Gasteiger partial charge is 0.274 e. The molecule has 0 fully saturated rings. The van der Waals surface area contributed by atoms with Gasteiger partial charge in [0.1, 0.15) is 5.76 Å². The molecule has 0 atom stereocenters. The van der Waals surface area contributed by atoms with Crippen LogP contribution in [0, 0.1) is 18.8 Å². The van der Waals surface area contributed by atoms with Gasteiger partial charge >= 0.3 is 0 Å². The molecule has 0 unspecified atom stereocenters. The molecular weight excluding hydrogens is 266 g/mol. The predicted octanol–water partition coefficient (Wildman–Crippen LogP) is 1.83. The van der Waals surface area contributed by atoms with Crippen LogP contribution in [0.3, 0.4) is 0 Å². The van der Waals surface area contributed by atoms with Crippen molar-refractivity contribution in [1.82, 2.24) is 10.5 Å². The van der Waals surface area contributed by atoms with E-state index in [9.17, 15) is 4.79 Å². The molecule has 2 aromatic rings. The van der Waals surface area contributed by atoms with Gasteiger partial charge in [0.15, 0.2) is 5.69 Å². The lowest BCUT2D eigenvalue weighted by molar-refractivity contribution is 0.0949. The summed E-state index contributed by atoms with van der Waals surface area (Å²) in [5.41, 5.74) is 2.24. The predicted molar refractivity (Wildman–Crippen MR) is 81.2 cm³/mol. The van der Waals surface area contributed by atoms with Gasteiger partial charge in [-0.15, -0.1) is 0 Å². The van der Waals surface area contributed by atoms with Crippen molar-refractivity contribution >= 4 is 11.6 Å². The summed E-state index contributed by atoms with van der Waals surface area (Å²) in [4.78, 5) is 13.7. The minimum atomic E-state index is -0.290. The summed E-state index contributed by atoms with van der Waals surface area (Å²) in [7, 11) is 3.93. The standard InChI is InChI=1S/C16H17N3O2/c1-12-11-14(18-21-12)16(20)17-10-6-8-13-7-4-5-9-15(13)19(2)3/h4-5,7,9,11H,10H2,1-3H3,(H,17,20). The van der Waals surface area contributed by atoms with E-state index in [2.05, 4.69) is 22.3 Å². The Morgan fingerprint density at radius 2 is 2.14 bits per heavy atom. The zero-order valence-electron chi connectivity index (χ0n) is 12.3. The lowest BCUT2D eigenvalue weighted by atomic mass is 10.1. The molecule has 0 aliphatic heterocycles. The van der Waals surface area contributed by atoms with Crippen molar-refractivity contribution in [3.8, 4) is 11.8 Å². The Morgan fingerprint density at radius 1 is 1.38 bits per heavy atom. The van der Waals surface area contributed by atoms with Gasteiger partial charge in [-0.3, -0.25) is 4.79 Å². The Hall–Kier alpha value is -2.74. The molecule has 0 saturated heterocycles. The summed E-state index contributed by atoms with van der Waals surface area (Å²) in [6.45, 7) is 1.99. The van der Waals surface area contributed by atoms with Gasteiger partial charge in [-0.05, 0) is 19.1 Å². The molecule has 1 aromatic carbocycles. The number of aryl methyl sites for hydroxylation is 1. The molecule has 1 amide bonds. The lowest BCUT2D eigenvalue weighted by Gasteiger charge is -2.13. The highest BCUT2D eigenvalue weighted by Crippen LogP contribution is 2.16. The molecule has 21 heavy (non-hydrogen) atoms. The topological polar surface area (TPSA) is 58.4 Å². The fourth-order valence-corrected chi connectivity index (χ4v) is 1.80. The quantitative estimate of drug-likeness (QED) is 0.873. The van der Waals surface area contributed by atoms with Crippen LogP contribution in [0.25, 0.3) is 0 Å². The summed E-state index contributed by atoms with van der Waals surface area (Å²) >= 11 is 0. The van der Waals surface area contributed by atoms with E-state index in [4.69, 9.17) is 4.52 Å². The number of nitrogens with zero attached hydrogens (tertiary/aromatic N) is 2. The van der Waals surface area contributed by atoms with Crippen molar-refractivity contribution < 1.29 is 9.32 Å². The van der Waals surface area contributed by atoms with Gasteiger partial charge in [0.25, 0.3) is 5.91 Å². The van der Waals surface area contributed by atoms with Crippen LogP contribution in [0.4, 0.5) is 5.69 Å². The van der Waals surface area contributed by atoms with E-state index in [1.54, 1.807) is 13.0 Å². The summed E-state index contributed by atoms with van der Waals surface area (Å²) < 4.78 is 4.85. The van der Waals surface area contributed by atoms with E-state index in [-0.39, 0.29) is 18.1 Å². The number of nitrogens with one attached hydrogen (secondary N) is 1. The van der Waals surface area contributed by atoms with Gasteiger partial charge in [0.05, 0.1) is 12.2 Å². The first-order chi connectivity index (χ1) is 10.1. The van der Waals surface area contributed by atoms with Crippen molar-refractivity contribution in [3.63, 3.8) is 0 Å². The van der Waals surface area contributed by atoms with E-state index < -0.39 is 0 Å². The fraction of sp³-hybridized carbons (Fsp3) is 0.250. The summed E-state index contributed by atoms with van der Waals surface area (Å²) in [6, 6.07) is 9.44.